The Morgan fingerprint density at radius 1 is 1.08 bits per heavy atom. The third kappa shape index (κ3) is 5.56. The smallest absolute Gasteiger partial charge is 0.410 e. The molecule has 1 amide bonds. The van der Waals surface area contributed by atoms with E-state index in [0.29, 0.717) is 28.2 Å². The van der Waals surface area contributed by atoms with Crippen molar-refractivity contribution in [1.82, 2.24) is 14.9 Å². The van der Waals surface area contributed by atoms with Crippen LogP contribution in [0.3, 0.4) is 0 Å². The average molecular weight is 527 g/mol. The minimum atomic E-state index is -0.686. The number of carbonyl (C=O) groups is 2. The highest BCUT2D eigenvalue weighted by molar-refractivity contribution is 5.94. The van der Waals surface area contributed by atoms with Crippen molar-refractivity contribution in [3.05, 3.63) is 36.1 Å². The minimum Gasteiger partial charge on any atom is -0.507 e. The Morgan fingerprint density at radius 3 is 2.39 bits per heavy atom. The van der Waals surface area contributed by atoms with E-state index in [0.717, 1.165) is 12.1 Å². The number of nitrogens with one attached hydrogen (secondary N) is 1. The fourth-order valence-corrected chi connectivity index (χ4v) is 4.39. The fraction of sp³-hybridized carbons (Fsp3) is 0.407. The molecule has 1 aromatic heterocycles. The quantitative estimate of drug-likeness (QED) is 0.481. The standard InChI is InChI=1S/C27H31FN4O6/c1-14(33)18-12-32(26(35)38-27(2,3)4)13-20(18)30-24-16-10-22(36-5)23(37-6)11-19(16)29-25(31-24)17-9-15(28)7-8-21(17)34/h7-11,18,20,34H,12-13H2,1-6H3,(H,29,30,31)/t18-,20+/m0/s1. The highest BCUT2D eigenvalue weighted by Gasteiger charge is 2.40. The van der Waals surface area contributed by atoms with E-state index in [1.54, 1.807) is 32.9 Å². The zero-order chi connectivity index (χ0) is 27.8. The summed E-state index contributed by atoms with van der Waals surface area (Å²) in [5, 5.41) is 14.3. The van der Waals surface area contributed by atoms with Crippen molar-refractivity contribution < 1.29 is 33.3 Å². The number of halogens is 1. The van der Waals surface area contributed by atoms with Crippen LogP contribution < -0.4 is 14.8 Å². The summed E-state index contributed by atoms with van der Waals surface area (Å²) >= 11 is 0. The highest BCUT2D eigenvalue weighted by atomic mass is 19.1. The number of fused-ring (bicyclic) bond motifs is 1. The number of likely N-dealkylation sites (tertiary alicyclic amines) is 1. The number of Topliss-reactive ketones (excluding diaryl/α,β-unsaturated/α-hetero) is 1. The molecular weight excluding hydrogens is 495 g/mol. The fourth-order valence-electron chi connectivity index (χ4n) is 4.39. The lowest BCUT2D eigenvalue weighted by molar-refractivity contribution is -0.120. The van der Waals surface area contributed by atoms with Gasteiger partial charge in [-0.15, -0.1) is 0 Å². The Labute approximate surface area is 219 Å². The number of ketones is 1. The summed E-state index contributed by atoms with van der Waals surface area (Å²) in [6, 6.07) is 6.33. The van der Waals surface area contributed by atoms with Gasteiger partial charge >= 0.3 is 6.09 Å². The Morgan fingerprint density at radius 2 is 1.76 bits per heavy atom. The molecule has 0 unspecified atom stereocenters. The SMILES string of the molecule is COc1cc2nc(-c3cc(F)ccc3O)nc(N[C@@H]3CN(C(=O)OC(C)(C)C)C[C@H]3C(C)=O)c2cc1OC. The molecule has 10 nitrogen and oxygen atoms in total. The van der Waals surface area contributed by atoms with Crippen molar-refractivity contribution in [1.29, 1.82) is 0 Å². The molecule has 2 heterocycles. The van der Waals surface area contributed by atoms with E-state index in [2.05, 4.69) is 15.3 Å². The normalized spacial score (nSPS) is 17.4. The number of anilines is 1. The van der Waals surface area contributed by atoms with Crippen LogP contribution in [-0.4, -0.2) is 70.8 Å². The zero-order valence-electron chi connectivity index (χ0n) is 22.2. The second-order valence-electron chi connectivity index (χ2n) is 10.1. The van der Waals surface area contributed by atoms with E-state index >= 15 is 0 Å². The van der Waals surface area contributed by atoms with Gasteiger partial charge in [0.15, 0.2) is 17.3 Å². The molecular formula is C27H31FN4O6. The van der Waals surface area contributed by atoms with E-state index < -0.39 is 29.5 Å². The molecule has 4 rings (SSSR count). The molecule has 0 saturated carbocycles. The Hall–Kier alpha value is -4.15. The number of hydrogen-bond donors (Lipinski definition) is 2. The van der Waals surface area contributed by atoms with E-state index in [-0.39, 0.29) is 36.0 Å². The molecule has 2 N–H and O–H groups in total. The third-order valence-corrected chi connectivity index (χ3v) is 6.22. The first-order valence-corrected chi connectivity index (χ1v) is 12.1. The topological polar surface area (TPSA) is 123 Å². The minimum absolute atomic E-state index is 0.0607. The molecule has 1 saturated heterocycles. The summed E-state index contributed by atoms with van der Waals surface area (Å²) in [5.41, 5.74) is -0.163. The number of ether oxygens (including phenoxy) is 3. The van der Waals surface area contributed by atoms with Crippen LogP contribution in [0.1, 0.15) is 27.7 Å². The third-order valence-electron chi connectivity index (χ3n) is 6.22. The van der Waals surface area contributed by atoms with Crippen LogP contribution >= 0.6 is 0 Å². The number of hydrogen-bond acceptors (Lipinski definition) is 9. The van der Waals surface area contributed by atoms with Crippen LogP contribution in [-0.2, 0) is 9.53 Å². The average Bonchev–Trinajstić information content (AvgIpc) is 3.28. The predicted octanol–water partition coefficient (Wildman–Crippen LogP) is 4.40. The van der Waals surface area contributed by atoms with Crippen molar-refractivity contribution in [2.24, 2.45) is 5.92 Å². The molecule has 0 aliphatic carbocycles. The molecule has 202 valence electrons. The Bertz CT molecular complexity index is 1390. The van der Waals surface area contributed by atoms with Crippen LogP contribution in [0, 0.1) is 11.7 Å². The number of rotatable bonds is 6. The first-order chi connectivity index (χ1) is 17.9. The number of methoxy groups -OCH3 is 2. The summed E-state index contributed by atoms with van der Waals surface area (Å²) in [5.74, 6) is -0.176. The van der Waals surface area contributed by atoms with Crippen molar-refractivity contribution in [2.45, 2.75) is 39.3 Å². The molecule has 1 aliphatic heterocycles. The number of phenolic OH excluding ortho intramolecular Hbond substituents is 1. The van der Waals surface area contributed by atoms with Crippen molar-refractivity contribution in [2.75, 3.05) is 32.6 Å². The maximum absolute atomic E-state index is 14.1. The van der Waals surface area contributed by atoms with Gasteiger partial charge in [0.25, 0.3) is 0 Å². The van der Waals surface area contributed by atoms with Crippen LogP contribution in [0.2, 0.25) is 0 Å². The molecule has 0 spiro atoms. The van der Waals surface area contributed by atoms with Crippen molar-refractivity contribution in [3.8, 4) is 28.6 Å². The second kappa shape index (κ2) is 10.3. The van der Waals surface area contributed by atoms with Gasteiger partial charge in [0, 0.05) is 24.5 Å². The van der Waals surface area contributed by atoms with Gasteiger partial charge in [0.05, 0.1) is 37.3 Å². The number of amides is 1. The summed E-state index contributed by atoms with van der Waals surface area (Å²) in [6.07, 6.45) is -0.516. The molecule has 1 aliphatic rings. The predicted molar refractivity (Wildman–Crippen MR) is 139 cm³/mol. The largest absolute Gasteiger partial charge is 0.507 e. The zero-order valence-corrected chi connectivity index (χ0v) is 22.2. The lowest BCUT2D eigenvalue weighted by Gasteiger charge is -2.24. The first-order valence-electron chi connectivity index (χ1n) is 12.1. The van der Waals surface area contributed by atoms with Crippen LogP contribution in [0.25, 0.3) is 22.3 Å². The van der Waals surface area contributed by atoms with Crippen LogP contribution in [0.4, 0.5) is 15.0 Å². The van der Waals surface area contributed by atoms with Gasteiger partial charge in [-0.2, -0.15) is 0 Å². The molecule has 11 heteroatoms. The maximum Gasteiger partial charge on any atom is 0.410 e. The van der Waals surface area contributed by atoms with Gasteiger partial charge in [-0.3, -0.25) is 4.79 Å². The number of benzene rings is 2. The second-order valence-corrected chi connectivity index (χ2v) is 10.1. The highest BCUT2D eigenvalue weighted by Crippen LogP contribution is 2.37. The maximum atomic E-state index is 14.1. The number of aromatic nitrogens is 2. The monoisotopic (exact) mass is 526 g/mol. The van der Waals surface area contributed by atoms with E-state index in [4.69, 9.17) is 14.2 Å². The lowest BCUT2D eigenvalue weighted by atomic mass is 9.99. The van der Waals surface area contributed by atoms with Gasteiger partial charge in [-0.25, -0.2) is 19.2 Å². The van der Waals surface area contributed by atoms with E-state index in [1.165, 1.54) is 32.1 Å². The summed E-state index contributed by atoms with van der Waals surface area (Å²) < 4.78 is 30.4. The van der Waals surface area contributed by atoms with Gasteiger partial charge in [-0.05, 0) is 52.0 Å². The number of carbonyl (C=O) groups excluding carboxylic acids is 2. The first kappa shape index (κ1) is 26.9. The molecule has 38 heavy (non-hydrogen) atoms. The van der Waals surface area contributed by atoms with Gasteiger partial charge in [-0.1, -0.05) is 0 Å². The lowest BCUT2D eigenvalue weighted by Crippen LogP contribution is -2.36. The molecule has 0 radical (unpaired) electrons. The molecule has 2 atom stereocenters. The van der Waals surface area contributed by atoms with E-state index in [1.807, 2.05) is 0 Å². The Kier molecular flexibility index (Phi) is 7.30. The summed E-state index contributed by atoms with van der Waals surface area (Å²) in [4.78, 5) is 35.9. The molecule has 1 fully saturated rings. The van der Waals surface area contributed by atoms with Crippen molar-refractivity contribution in [3.63, 3.8) is 0 Å². The Balaban J connectivity index is 1.81. The molecule has 3 aromatic rings. The van der Waals surface area contributed by atoms with Gasteiger partial charge < -0.3 is 29.5 Å². The molecule has 2 aromatic carbocycles. The summed E-state index contributed by atoms with van der Waals surface area (Å²) in [7, 11) is 2.99. The number of nitrogens with zero attached hydrogens (tertiary/aromatic N) is 3. The van der Waals surface area contributed by atoms with Crippen LogP contribution in [0.5, 0.6) is 17.2 Å². The molecule has 0 bridgehead atoms. The summed E-state index contributed by atoms with van der Waals surface area (Å²) in [6.45, 7) is 7.17. The number of phenols is 1. The van der Waals surface area contributed by atoms with Gasteiger partial charge in [0.2, 0.25) is 0 Å². The van der Waals surface area contributed by atoms with Crippen molar-refractivity contribution >= 4 is 28.6 Å². The van der Waals surface area contributed by atoms with Gasteiger partial charge in [0.1, 0.15) is 28.8 Å². The van der Waals surface area contributed by atoms with Crippen LogP contribution in [0.15, 0.2) is 30.3 Å². The number of aromatic hydroxyl groups is 1. The van der Waals surface area contributed by atoms with E-state index in [9.17, 15) is 19.1 Å².